The fourth-order valence-electron chi connectivity index (χ4n) is 1.67. The number of benzene rings is 1. The van der Waals surface area contributed by atoms with Crippen LogP contribution in [0.2, 0.25) is 0 Å². The molecular formula is C13H14O3. The molecule has 0 unspecified atom stereocenters. The molecule has 0 N–H and O–H groups in total. The van der Waals surface area contributed by atoms with Crippen LogP contribution in [0, 0.1) is 6.92 Å². The van der Waals surface area contributed by atoms with E-state index in [1.807, 2.05) is 0 Å². The number of carbonyl (C=O) groups excluding carboxylic acids is 3. The van der Waals surface area contributed by atoms with Gasteiger partial charge in [-0.3, -0.25) is 14.4 Å². The largest absolute Gasteiger partial charge is 0.295 e. The van der Waals surface area contributed by atoms with E-state index in [1.54, 1.807) is 13.0 Å². The van der Waals surface area contributed by atoms with Gasteiger partial charge in [0, 0.05) is 16.7 Å². The van der Waals surface area contributed by atoms with E-state index in [9.17, 15) is 14.4 Å². The maximum Gasteiger partial charge on any atom is 0.160 e. The maximum absolute atomic E-state index is 11.4. The first-order valence-electron chi connectivity index (χ1n) is 5.02. The molecule has 0 spiro atoms. The van der Waals surface area contributed by atoms with Gasteiger partial charge < -0.3 is 0 Å². The van der Waals surface area contributed by atoms with E-state index in [-0.39, 0.29) is 17.3 Å². The third kappa shape index (κ3) is 2.24. The quantitative estimate of drug-likeness (QED) is 0.733. The van der Waals surface area contributed by atoms with Crippen molar-refractivity contribution in [2.45, 2.75) is 27.7 Å². The second-order valence-electron chi connectivity index (χ2n) is 3.88. The molecule has 1 aromatic rings. The van der Waals surface area contributed by atoms with Gasteiger partial charge in [-0.2, -0.15) is 0 Å². The Kier molecular flexibility index (Phi) is 3.38. The molecule has 0 fully saturated rings. The van der Waals surface area contributed by atoms with Crippen molar-refractivity contribution in [3.05, 3.63) is 34.4 Å². The van der Waals surface area contributed by atoms with Gasteiger partial charge in [0.2, 0.25) is 0 Å². The SMILES string of the molecule is CC(=O)c1cc(C(C)=O)c(C(C)=O)cc1C. The van der Waals surface area contributed by atoms with E-state index >= 15 is 0 Å². The first-order valence-corrected chi connectivity index (χ1v) is 5.02. The summed E-state index contributed by atoms with van der Waals surface area (Å²) in [4.78, 5) is 34.1. The third-order valence-electron chi connectivity index (χ3n) is 2.50. The molecule has 0 aromatic heterocycles. The molecule has 84 valence electrons. The highest BCUT2D eigenvalue weighted by atomic mass is 16.1. The number of rotatable bonds is 3. The number of Topliss-reactive ketones (excluding diaryl/α,β-unsaturated/α-hetero) is 3. The molecule has 3 nitrogen and oxygen atoms in total. The van der Waals surface area contributed by atoms with Crippen molar-refractivity contribution in [2.75, 3.05) is 0 Å². The van der Waals surface area contributed by atoms with Crippen LogP contribution in [0.3, 0.4) is 0 Å². The molecule has 0 saturated heterocycles. The zero-order valence-electron chi connectivity index (χ0n) is 9.88. The van der Waals surface area contributed by atoms with E-state index < -0.39 is 0 Å². The van der Waals surface area contributed by atoms with Crippen molar-refractivity contribution in [1.82, 2.24) is 0 Å². The molecule has 0 amide bonds. The summed E-state index contributed by atoms with van der Waals surface area (Å²) in [5.41, 5.74) is 1.93. The molecule has 0 radical (unpaired) electrons. The van der Waals surface area contributed by atoms with Crippen LogP contribution in [-0.4, -0.2) is 17.3 Å². The van der Waals surface area contributed by atoms with E-state index in [4.69, 9.17) is 0 Å². The minimum Gasteiger partial charge on any atom is -0.295 e. The van der Waals surface area contributed by atoms with Crippen molar-refractivity contribution in [3.63, 3.8) is 0 Å². The second kappa shape index (κ2) is 4.39. The lowest BCUT2D eigenvalue weighted by Gasteiger charge is -2.09. The van der Waals surface area contributed by atoms with Crippen molar-refractivity contribution in [1.29, 1.82) is 0 Å². The second-order valence-corrected chi connectivity index (χ2v) is 3.88. The lowest BCUT2D eigenvalue weighted by Crippen LogP contribution is -2.08. The van der Waals surface area contributed by atoms with Crippen LogP contribution in [0.4, 0.5) is 0 Å². The Balaban J connectivity index is 3.55. The predicted molar refractivity (Wildman–Crippen MR) is 61.2 cm³/mol. The summed E-state index contributed by atoms with van der Waals surface area (Å²) >= 11 is 0. The Labute approximate surface area is 94.5 Å². The topological polar surface area (TPSA) is 51.2 Å². The number of carbonyl (C=O) groups is 3. The van der Waals surface area contributed by atoms with Crippen LogP contribution in [0.15, 0.2) is 12.1 Å². The summed E-state index contributed by atoms with van der Waals surface area (Å²) in [7, 11) is 0. The van der Waals surface area contributed by atoms with Gasteiger partial charge in [0.1, 0.15) is 0 Å². The van der Waals surface area contributed by atoms with Crippen molar-refractivity contribution < 1.29 is 14.4 Å². The van der Waals surface area contributed by atoms with Crippen LogP contribution in [0.1, 0.15) is 57.4 Å². The average Bonchev–Trinajstić information content (AvgIpc) is 2.15. The highest BCUT2D eigenvalue weighted by molar-refractivity contribution is 6.09. The van der Waals surface area contributed by atoms with Crippen molar-refractivity contribution in [2.24, 2.45) is 0 Å². The molecule has 1 rings (SSSR count). The molecule has 0 aliphatic carbocycles. The van der Waals surface area contributed by atoms with Gasteiger partial charge in [-0.05, 0) is 45.4 Å². The number of hydrogen-bond acceptors (Lipinski definition) is 3. The van der Waals surface area contributed by atoms with Gasteiger partial charge in [0.25, 0.3) is 0 Å². The first kappa shape index (κ1) is 12.3. The molecule has 3 heteroatoms. The first-order chi connectivity index (χ1) is 7.34. The van der Waals surface area contributed by atoms with E-state index in [1.165, 1.54) is 26.8 Å². The number of hydrogen-bond donors (Lipinski definition) is 0. The molecule has 0 heterocycles. The van der Waals surface area contributed by atoms with Gasteiger partial charge in [-0.1, -0.05) is 0 Å². The van der Waals surface area contributed by atoms with E-state index in [2.05, 4.69) is 0 Å². The average molecular weight is 218 g/mol. The van der Waals surface area contributed by atoms with Crippen LogP contribution in [0.5, 0.6) is 0 Å². The van der Waals surface area contributed by atoms with Gasteiger partial charge >= 0.3 is 0 Å². The van der Waals surface area contributed by atoms with Gasteiger partial charge in [-0.15, -0.1) is 0 Å². The Morgan fingerprint density at radius 3 is 1.50 bits per heavy atom. The molecule has 16 heavy (non-hydrogen) atoms. The van der Waals surface area contributed by atoms with Gasteiger partial charge in [0.15, 0.2) is 17.3 Å². The normalized spacial score (nSPS) is 10.0. The van der Waals surface area contributed by atoms with Gasteiger partial charge in [0.05, 0.1) is 0 Å². The molecule has 0 atom stereocenters. The summed E-state index contributed by atoms with van der Waals surface area (Å²) in [5.74, 6) is -0.466. The maximum atomic E-state index is 11.4. The molecule has 0 bridgehead atoms. The van der Waals surface area contributed by atoms with Crippen LogP contribution in [-0.2, 0) is 0 Å². The van der Waals surface area contributed by atoms with Crippen molar-refractivity contribution in [3.8, 4) is 0 Å². The summed E-state index contributed by atoms with van der Waals surface area (Å²) < 4.78 is 0. The Hall–Kier alpha value is -1.77. The zero-order chi connectivity index (χ0) is 12.5. The van der Waals surface area contributed by atoms with E-state index in [0.717, 1.165) is 5.56 Å². The summed E-state index contributed by atoms with van der Waals surface area (Å²) in [6, 6.07) is 3.12. The molecular weight excluding hydrogens is 204 g/mol. The summed E-state index contributed by atoms with van der Waals surface area (Å²) in [5, 5.41) is 0. The number of aryl methyl sites for hydroxylation is 1. The minimum atomic E-state index is -0.201. The third-order valence-corrected chi connectivity index (χ3v) is 2.50. The molecule has 0 aliphatic heterocycles. The standard InChI is InChI=1S/C13H14O3/c1-7-5-12(9(3)15)13(10(4)16)6-11(7)8(2)14/h5-6H,1-4H3. The Morgan fingerprint density at radius 2 is 1.12 bits per heavy atom. The minimum absolute atomic E-state index is 0.102. The van der Waals surface area contributed by atoms with Crippen LogP contribution in [0.25, 0.3) is 0 Å². The van der Waals surface area contributed by atoms with Gasteiger partial charge in [-0.25, -0.2) is 0 Å². The summed E-state index contributed by atoms with van der Waals surface area (Å²) in [6.45, 7) is 6.00. The lowest BCUT2D eigenvalue weighted by molar-refractivity contribution is 0.0979. The fraction of sp³-hybridized carbons (Fsp3) is 0.308. The van der Waals surface area contributed by atoms with Crippen LogP contribution < -0.4 is 0 Å². The highest BCUT2D eigenvalue weighted by Crippen LogP contribution is 2.18. The van der Waals surface area contributed by atoms with Crippen molar-refractivity contribution >= 4 is 17.3 Å². The lowest BCUT2D eigenvalue weighted by atomic mass is 9.93. The molecule has 0 saturated carbocycles. The highest BCUT2D eigenvalue weighted by Gasteiger charge is 2.15. The van der Waals surface area contributed by atoms with E-state index in [0.29, 0.717) is 16.7 Å². The molecule has 0 aliphatic rings. The Bertz CT molecular complexity index is 484. The Morgan fingerprint density at radius 1 is 0.750 bits per heavy atom. The smallest absolute Gasteiger partial charge is 0.160 e. The predicted octanol–water partition coefficient (Wildman–Crippen LogP) is 2.60. The summed E-state index contributed by atoms with van der Waals surface area (Å²) in [6.07, 6.45) is 0. The monoisotopic (exact) mass is 218 g/mol. The molecule has 1 aromatic carbocycles. The van der Waals surface area contributed by atoms with Crippen LogP contribution >= 0.6 is 0 Å². The zero-order valence-corrected chi connectivity index (χ0v) is 9.88. The fourth-order valence-corrected chi connectivity index (χ4v) is 1.67. The number of ketones is 3.